The van der Waals surface area contributed by atoms with Crippen molar-refractivity contribution in [2.75, 3.05) is 5.32 Å². The molecule has 28 heavy (non-hydrogen) atoms. The van der Waals surface area contributed by atoms with E-state index in [-0.39, 0.29) is 17.3 Å². The zero-order valence-electron chi connectivity index (χ0n) is 14.4. The van der Waals surface area contributed by atoms with Crippen molar-refractivity contribution in [1.29, 1.82) is 0 Å². The minimum atomic E-state index is -4.81. The average molecular weight is 390 g/mol. The molecule has 3 aromatic rings. The van der Waals surface area contributed by atoms with Crippen molar-refractivity contribution in [2.24, 2.45) is 0 Å². The molecule has 0 unspecified atom stereocenters. The van der Waals surface area contributed by atoms with Crippen molar-refractivity contribution in [3.63, 3.8) is 0 Å². The lowest BCUT2D eigenvalue weighted by Gasteiger charge is -2.17. The number of non-ortho nitro benzene ring substituents is 1. The number of hydrogen-bond donors (Lipinski definition) is 1. The Hall–Kier alpha value is -3.69. The minimum absolute atomic E-state index is 0.166. The molecule has 1 aromatic heterocycles. The standard InChI is InChI=1S/C18H13F3N4O3/c1-11-9-13(25(27)28)7-8-14(11)22-17-23-15(18(19,20)21)10-16(26)24(17)12-5-3-2-4-6-12/h2-10H,1H3,(H,22,23). The summed E-state index contributed by atoms with van der Waals surface area (Å²) in [6.07, 6.45) is -4.81. The fourth-order valence-electron chi connectivity index (χ4n) is 2.56. The Morgan fingerprint density at radius 1 is 1.11 bits per heavy atom. The van der Waals surface area contributed by atoms with E-state index in [0.717, 1.165) is 4.57 Å². The van der Waals surface area contributed by atoms with Gasteiger partial charge < -0.3 is 5.32 Å². The summed E-state index contributed by atoms with van der Waals surface area (Å²) in [5.74, 6) is -0.358. The second kappa shape index (κ2) is 7.14. The molecule has 0 radical (unpaired) electrons. The second-order valence-corrected chi connectivity index (χ2v) is 5.85. The number of para-hydroxylation sites is 1. The molecule has 0 saturated heterocycles. The highest BCUT2D eigenvalue weighted by Gasteiger charge is 2.34. The maximum Gasteiger partial charge on any atom is 0.433 e. The molecule has 0 fully saturated rings. The third-order valence-electron chi connectivity index (χ3n) is 3.89. The maximum atomic E-state index is 13.1. The normalized spacial score (nSPS) is 11.3. The number of anilines is 2. The number of aromatic nitrogens is 2. The molecular formula is C18H13F3N4O3. The van der Waals surface area contributed by atoms with Gasteiger partial charge in [-0.25, -0.2) is 9.55 Å². The highest BCUT2D eigenvalue weighted by molar-refractivity contribution is 5.62. The summed E-state index contributed by atoms with van der Waals surface area (Å²) in [6.45, 7) is 1.55. The first-order valence-electron chi connectivity index (χ1n) is 7.95. The molecule has 0 spiro atoms. The van der Waals surface area contributed by atoms with E-state index in [0.29, 0.717) is 17.3 Å². The van der Waals surface area contributed by atoms with Gasteiger partial charge in [-0.15, -0.1) is 0 Å². The largest absolute Gasteiger partial charge is 0.433 e. The van der Waals surface area contributed by atoms with Gasteiger partial charge in [0.25, 0.3) is 11.2 Å². The van der Waals surface area contributed by atoms with Gasteiger partial charge in [-0.05, 0) is 30.7 Å². The summed E-state index contributed by atoms with van der Waals surface area (Å²) in [4.78, 5) is 26.3. The van der Waals surface area contributed by atoms with Crippen LogP contribution in [-0.2, 0) is 6.18 Å². The van der Waals surface area contributed by atoms with Crippen LogP contribution in [-0.4, -0.2) is 14.5 Å². The van der Waals surface area contributed by atoms with Gasteiger partial charge in [0.1, 0.15) is 0 Å². The predicted octanol–water partition coefficient (Wildman–Crippen LogP) is 4.21. The molecule has 10 heteroatoms. The van der Waals surface area contributed by atoms with E-state index in [1.807, 2.05) is 0 Å². The van der Waals surface area contributed by atoms with Crippen LogP contribution in [0.4, 0.5) is 30.5 Å². The molecule has 3 rings (SSSR count). The summed E-state index contributed by atoms with van der Waals surface area (Å²) in [7, 11) is 0. The van der Waals surface area contributed by atoms with Gasteiger partial charge in [0.05, 0.1) is 10.6 Å². The van der Waals surface area contributed by atoms with Crippen LogP contribution in [0.1, 0.15) is 11.3 Å². The first-order chi connectivity index (χ1) is 13.2. The van der Waals surface area contributed by atoms with Crippen LogP contribution in [0.5, 0.6) is 0 Å². The van der Waals surface area contributed by atoms with E-state index in [9.17, 15) is 28.1 Å². The molecule has 0 aliphatic heterocycles. The van der Waals surface area contributed by atoms with Crippen LogP contribution < -0.4 is 10.9 Å². The molecule has 2 aromatic carbocycles. The number of benzene rings is 2. The number of nitrogens with one attached hydrogen (secondary N) is 1. The molecule has 0 bridgehead atoms. The number of hydrogen-bond acceptors (Lipinski definition) is 5. The van der Waals surface area contributed by atoms with Gasteiger partial charge in [0, 0.05) is 23.9 Å². The summed E-state index contributed by atoms with van der Waals surface area (Å²) in [5, 5.41) is 13.6. The summed E-state index contributed by atoms with van der Waals surface area (Å²) >= 11 is 0. The Morgan fingerprint density at radius 3 is 2.36 bits per heavy atom. The van der Waals surface area contributed by atoms with E-state index in [4.69, 9.17) is 0 Å². The van der Waals surface area contributed by atoms with E-state index in [2.05, 4.69) is 10.3 Å². The fourth-order valence-corrected chi connectivity index (χ4v) is 2.56. The number of alkyl halides is 3. The quantitative estimate of drug-likeness (QED) is 0.532. The van der Waals surface area contributed by atoms with Crippen LogP contribution in [0.2, 0.25) is 0 Å². The Morgan fingerprint density at radius 2 is 1.79 bits per heavy atom. The molecule has 0 saturated carbocycles. The highest BCUT2D eigenvalue weighted by atomic mass is 19.4. The van der Waals surface area contributed by atoms with Crippen molar-refractivity contribution < 1.29 is 18.1 Å². The number of halogens is 3. The zero-order chi connectivity index (χ0) is 20.5. The maximum absolute atomic E-state index is 13.1. The average Bonchev–Trinajstić information content (AvgIpc) is 2.63. The van der Waals surface area contributed by atoms with Crippen LogP contribution in [0.3, 0.4) is 0 Å². The highest BCUT2D eigenvalue weighted by Crippen LogP contribution is 2.29. The number of nitro benzene ring substituents is 1. The van der Waals surface area contributed by atoms with Crippen molar-refractivity contribution >= 4 is 17.3 Å². The Bertz CT molecular complexity index is 1100. The molecule has 0 aliphatic carbocycles. The van der Waals surface area contributed by atoms with Crippen LogP contribution >= 0.6 is 0 Å². The first-order valence-corrected chi connectivity index (χ1v) is 7.95. The van der Waals surface area contributed by atoms with Crippen LogP contribution in [0, 0.1) is 17.0 Å². The smallest absolute Gasteiger partial charge is 0.325 e. The topological polar surface area (TPSA) is 90.1 Å². The molecule has 0 amide bonds. The number of aryl methyl sites for hydroxylation is 1. The molecule has 0 atom stereocenters. The lowest BCUT2D eigenvalue weighted by atomic mass is 10.2. The first kappa shape index (κ1) is 19.1. The fraction of sp³-hybridized carbons (Fsp3) is 0.111. The van der Waals surface area contributed by atoms with Gasteiger partial charge >= 0.3 is 6.18 Å². The summed E-state index contributed by atoms with van der Waals surface area (Å²) in [5.41, 5.74) is -1.43. The monoisotopic (exact) mass is 390 g/mol. The van der Waals surface area contributed by atoms with Crippen molar-refractivity contribution in [1.82, 2.24) is 9.55 Å². The van der Waals surface area contributed by atoms with Crippen molar-refractivity contribution in [3.05, 3.63) is 86.3 Å². The molecule has 0 aliphatic rings. The van der Waals surface area contributed by atoms with E-state index < -0.39 is 22.4 Å². The predicted molar refractivity (Wildman–Crippen MR) is 96.0 cm³/mol. The van der Waals surface area contributed by atoms with E-state index >= 15 is 0 Å². The molecule has 1 N–H and O–H groups in total. The van der Waals surface area contributed by atoms with Crippen LogP contribution in [0.15, 0.2) is 59.4 Å². The molecule has 144 valence electrons. The zero-order valence-corrected chi connectivity index (χ0v) is 14.4. The van der Waals surface area contributed by atoms with Gasteiger partial charge in [-0.1, -0.05) is 18.2 Å². The van der Waals surface area contributed by atoms with Gasteiger partial charge in [0.15, 0.2) is 5.69 Å². The Balaban J connectivity index is 2.17. The van der Waals surface area contributed by atoms with E-state index in [1.165, 1.54) is 18.2 Å². The van der Waals surface area contributed by atoms with Crippen molar-refractivity contribution in [2.45, 2.75) is 13.1 Å². The third kappa shape index (κ3) is 3.85. The Kier molecular flexibility index (Phi) is 4.87. The van der Waals surface area contributed by atoms with Gasteiger partial charge in [-0.2, -0.15) is 13.2 Å². The molecule has 1 heterocycles. The second-order valence-electron chi connectivity index (χ2n) is 5.85. The van der Waals surface area contributed by atoms with Gasteiger partial charge in [-0.3, -0.25) is 14.9 Å². The lowest BCUT2D eigenvalue weighted by molar-refractivity contribution is -0.384. The number of nitrogens with zero attached hydrogens (tertiary/aromatic N) is 3. The third-order valence-corrected chi connectivity index (χ3v) is 3.89. The van der Waals surface area contributed by atoms with Gasteiger partial charge in [0.2, 0.25) is 5.95 Å². The Labute approximate surface area is 156 Å². The summed E-state index contributed by atoms with van der Waals surface area (Å²) < 4.78 is 40.4. The molecular weight excluding hydrogens is 377 g/mol. The summed E-state index contributed by atoms with van der Waals surface area (Å²) in [6, 6.07) is 12.3. The minimum Gasteiger partial charge on any atom is -0.325 e. The van der Waals surface area contributed by atoms with Crippen LogP contribution in [0.25, 0.3) is 5.69 Å². The number of nitro groups is 1. The van der Waals surface area contributed by atoms with E-state index in [1.54, 1.807) is 37.3 Å². The molecule has 7 nitrogen and oxygen atoms in total. The van der Waals surface area contributed by atoms with Crippen molar-refractivity contribution in [3.8, 4) is 5.69 Å². The SMILES string of the molecule is Cc1cc([N+](=O)[O-])ccc1Nc1nc(C(F)(F)F)cc(=O)n1-c1ccccc1. The lowest BCUT2D eigenvalue weighted by Crippen LogP contribution is -2.25. The number of rotatable bonds is 4.